The van der Waals surface area contributed by atoms with Gasteiger partial charge < -0.3 is 11.1 Å². The second-order valence-electron chi connectivity index (χ2n) is 4.92. The molecule has 0 bridgehead atoms. The number of hydrogen-bond donors (Lipinski definition) is 2. The van der Waals surface area contributed by atoms with Gasteiger partial charge in [0.15, 0.2) is 0 Å². The highest BCUT2D eigenvalue weighted by molar-refractivity contribution is 5.19. The maximum absolute atomic E-state index is 12.8. The van der Waals surface area contributed by atoms with Crippen LogP contribution in [-0.4, -0.2) is 13.1 Å². The first kappa shape index (κ1) is 14.1. The van der Waals surface area contributed by atoms with Gasteiger partial charge in [-0.3, -0.25) is 0 Å². The minimum Gasteiger partial charge on any atom is -0.330 e. The quantitative estimate of drug-likeness (QED) is 0.799. The summed E-state index contributed by atoms with van der Waals surface area (Å²) in [5.41, 5.74) is 6.83. The topological polar surface area (TPSA) is 38.0 Å². The summed E-state index contributed by atoms with van der Waals surface area (Å²) in [7, 11) is 0. The number of rotatable bonds is 6. The molecule has 0 heterocycles. The Morgan fingerprint density at radius 1 is 1.18 bits per heavy atom. The highest BCUT2D eigenvalue weighted by Gasteiger charge is 2.13. The molecule has 0 fully saturated rings. The summed E-state index contributed by atoms with van der Waals surface area (Å²) >= 11 is 0. The SMILES string of the molecule is CC(C)C(CN)CN[C@H](C)c1ccc(F)cc1. The highest BCUT2D eigenvalue weighted by atomic mass is 19.1. The van der Waals surface area contributed by atoms with E-state index in [0.717, 1.165) is 12.1 Å². The zero-order chi connectivity index (χ0) is 12.8. The molecular formula is C14H23FN2. The summed E-state index contributed by atoms with van der Waals surface area (Å²) in [6.07, 6.45) is 0. The minimum absolute atomic E-state index is 0.192. The number of halogens is 1. The molecule has 0 aliphatic heterocycles. The van der Waals surface area contributed by atoms with E-state index in [9.17, 15) is 4.39 Å². The lowest BCUT2D eigenvalue weighted by molar-refractivity contribution is 0.356. The van der Waals surface area contributed by atoms with E-state index in [2.05, 4.69) is 26.1 Å². The maximum atomic E-state index is 12.8. The molecule has 0 amide bonds. The molecule has 0 radical (unpaired) electrons. The summed E-state index contributed by atoms with van der Waals surface area (Å²) in [5, 5.41) is 3.45. The van der Waals surface area contributed by atoms with Crippen molar-refractivity contribution in [2.24, 2.45) is 17.6 Å². The van der Waals surface area contributed by atoms with Gasteiger partial charge >= 0.3 is 0 Å². The lowest BCUT2D eigenvalue weighted by Gasteiger charge is -2.22. The van der Waals surface area contributed by atoms with Crippen molar-refractivity contribution >= 4 is 0 Å². The van der Waals surface area contributed by atoms with Crippen LogP contribution in [-0.2, 0) is 0 Å². The minimum atomic E-state index is -0.192. The molecule has 0 saturated carbocycles. The molecule has 1 aromatic rings. The van der Waals surface area contributed by atoms with E-state index in [0.29, 0.717) is 18.4 Å². The van der Waals surface area contributed by atoms with Gasteiger partial charge in [-0.25, -0.2) is 4.39 Å². The third kappa shape index (κ3) is 4.44. The van der Waals surface area contributed by atoms with Crippen molar-refractivity contribution in [3.8, 4) is 0 Å². The van der Waals surface area contributed by atoms with Gasteiger partial charge in [-0.2, -0.15) is 0 Å². The van der Waals surface area contributed by atoms with Crippen molar-refractivity contribution in [3.05, 3.63) is 35.6 Å². The standard InChI is InChI=1S/C14H23FN2/c1-10(2)13(8-16)9-17-11(3)12-4-6-14(15)7-5-12/h4-7,10-11,13,17H,8-9,16H2,1-3H3/t11-,13?/m1/s1. The zero-order valence-electron chi connectivity index (χ0n) is 10.9. The van der Waals surface area contributed by atoms with E-state index in [-0.39, 0.29) is 11.9 Å². The fourth-order valence-electron chi connectivity index (χ4n) is 1.79. The molecule has 0 aliphatic carbocycles. The van der Waals surface area contributed by atoms with Crippen LogP contribution >= 0.6 is 0 Å². The first-order chi connectivity index (χ1) is 8.04. The number of hydrogen-bond acceptors (Lipinski definition) is 2. The second kappa shape index (κ2) is 6.72. The van der Waals surface area contributed by atoms with E-state index in [1.165, 1.54) is 12.1 Å². The zero-order valence-corrected chi connectivity index (χ0v) is 10.9. The van der Waals surface area contributed by atoms with Crippen molar-refractivity contribution in [3.63, 3.8) is 0 Å². The van der Waals surface area contributed by atoms with Gasteiger partial charge in [0, 0.05) is 6.04 Å². The van der Waals surface area contributed by atoms with Gasteiger partial charge in [0.05, 0.1) is 0 Å². The lowest BCUT2D eigenvalue weighted by atomic mass is 9.95. The van der Waals surface area contributed by atoms with Gasteiger partial charge in [-0.05, 0) is 49.5 Å². The summed E-state index contributed by atoms with van der Waals surface area (Å²) in [5.74, 6) is 0.869. The molecule has 0 aliphatic rings. The van der Waals surface area contributed by atoms with Crippen molar-refractivity contribution in [2.45, 2.75) is 26.8 Å². The van der Waals surface area contributed by atoms with E-state index >= 15 is 0 Å². The largest absolute Gasteiger partial charge is 0.330 e. The van der Waals surface area contributed by atoms with Gasteiger partial charge in [0.25, 0.3) is 0 Å². The average molecular weight is 238 g/mol. The molecule has 1 aromatic carbocycles. The molecule has 2 nitrogen and oxygen atoms in total. The van der Waals surface area contributed by atoms with Crippen LogP contribution in [0.25, 0.3) is 0 Å². The second-order valence-corrected chi connectivity index (χ2v) is 4.92. The Morgan fingerprint density at radius 3 is 2.24 bits per heavy atom. The molecule has 1 rings (SSSR count). The van der Waals surface area contributed by atoms with Crippen molar-refractivity contribution < 1.29 is 4.39 Å². The number of nitrogens with two attached hydrogens (primary N) is 1. The molecule has 0 spiro atoms. The Hall–Kier alpha value is -0.930. The van der Waals surface area contributed by atoms with Crippen LogP contribution in [0.15, 0.2) is 24.3 Å². The molecule has 17 heavy (non-hydrogen) atoms. The number of benzene rings is 1. The van der Waals surface area contributed by atoms with Crippen molar-refractivity contribution in [1.29, 1.82) is 0 Å². The Kier molecular flexibility index (Phi) is 5.59. The van der Waals surface area contributed by atoms with Crippen LogP contribution < -0.4 is 11.1 Å². The van der Waals surface area contributed by atoms with Crippen LogP contribution in [0.5, 0.6) is 0 Å². The molecule has 1 unspecified atom stereocenters. The van der Waals surface area contributed by atoms with Crippen molar-refractivity contribution in [1.82, 2.24) is 5.32 Å². The molecule has 3 heteroatoms. The van der Waals surface area contributed by atoms with Gasteiger partial charge in [0.1, 0.15) is 5.82 Å². The fourth-order valence-corrected chi connectivity index (χ4v) is 1.79. The number of nitrogens with one attached hydrogen (secondary N) is 1. The molecule has 2 atom stereocenters. The summed E-state index contributed by atoms with van der Waals surface area (Å²) < 4.78 is 12.8. The van der Waals surface area contributed by atoms with Crippen LogP contribution in [0.4, 0.5) is 4.39 Å². The lowest BCUT2D eigenvalue weighted by Crippen LogP contribution is -2.33. The predicted octanol–water partition coefficient (Wildman–Crippen LogP) is 2.71. The van der Waals surface area contributed by atoms with Gasteiger partial charge in [0.2, 0.25) is 0 Å². The third-order valence-corrected chi connectivity index (χ3v) is 3.30. The molecule has 0 saturated heterocycles. The van der Waals surface area contributed by atoms with E-state index in [4.69, 9.17) is 5.73 Å². The van der Waals surface area contributed by atoms with Crippen molar-refractivity contribution in [2.75, 3.05) is 13.1 Å². The Morgan fingerprint density at radius 2 is 1.76 bits per heavy atom. The highest BCUT2D eigenvalue weighted by Crippen LogP contribution is 2.14. The monoisotopic (exact) mass is 238 g/mol. The molecular weight excluding hydrogens is 215 g/mol. The van der Waals surface area contributed by atoms with Crippen LogP contribution in [0, 0.1) is 17.7 Å². The molecule has 96 valence electrons. The van der Waals surface area contributed by atoms with Crippen LogP contribution in [0.2, 0.25) is 0 Å². The Bertz CT molecular complexity index is 321. The summed E-state index contributed by atoms with van der Waals surface area (Å²) in [6.45, 7) is 8.04. The van der Waals surface area contributed by atoms with E-state index in [1.807, 2.05) is 12.1 Å². The summed E-state index contributed by atoms with van der Waals surface area (Å²) in [4.78, 5) is 0. The van der Waals surface area contributed by atoms with E-state index < -0.39 is 0 Å². The molecule has 0 aromatic heterocycles. The normalized spacial score (nSPS) is 14.9. The maximum Gasteiger partial charge on any atom is 0.123 e. The summed E-state index contributed by atoms with van der Waals surface area (Å²) in [6, 6.07) is 6.86. The third-order valence-electron chi connectivity index (χ3n) is 3.30. The van der Waals surface area contributed by atoms with Gasteiger partial charge in [-0.15, -0.1) is 0 Å². The van der Waals surface area contributed by atoms with Gasteiger partial charge in [-0.1, -0.05) is 26.0 Å². The van der Waals surface area contributed by atoms with Crippen LogP contribution in [0.3, 0.4) is 0 Å². The predicted molar refractivity (Wildman–Crippen MR) is 70.2 cm³/mol. The smallest absolute Gasteiger partial charge is 0.123 e. The Labute approximate surface area is 103 Å². The first-order valence-corrected chi connectivity index (χ1v) is 6.23. The molecule has 3 N–H and O–H groups in total. The first-order valence-electron chi connectivity index (χ1n) is 6.23. The van der Waals surface area contributed by atoms with Crippen LogP contribution in [0.1, 0.15) is 32.4 Å². The average Bonchev–Trinajstić information content (AvgIpc) is 2.30. The Balaban J connectivity index is 2.49. The fraction of sp³-hybridized carbons (Fsp3) is 0.571. The van der Waals surface area contributed by atoms with E-state index in [1.54, 1.807) is 0 Å².